The number of likely N-dealkylation sites (tertiary alicyclic amines) is 2. The monoisotopic (exact) mass is 438 g/mol. The van der Waals surface area contributed by atoms with Crippen molar-refractivity contribution in [3.8, 4) is 11.4 Å². The molecular formula is C26H38N4O2. The van der Waals surface area contributed by atoms with Crippen molar-refractivity contribution in [3.63, 3.8) is 0 Å². The molecule has 2 saturated heterocycles. The van der Waals surface area contributed by atoms with Crippen LogP contribution in [0.3, 0.4) is 0 Å². The summed E-state index contributed by atoms with van der Waals surface area (Å²) < 4.78 is 8.26. The number of piperidine rings is 2. The van der Waals surface area contributed by atoms with Crippen LogP contribution in [0.4, 0.5) is 5.69 Å². The number of carbonyl (C=O) groups excluding carboxylic acids is 1. The fraction of sp³-hybridized carbons (Fsp3) is 0.577. The second-order valence-corrected chi connectivity index (χ2v) is 9.08. The third-order valence-corrected chi connectivity index (χ3v) is 6.64. The van der Waals surface area contributed by atoms with E-state index < -0.39 is 0 Å². The number of nitrogens with zero attached hydrogens (tertiary/aromatic N) is 3. The van der Waals surface area contributed by atoms with Crippen molar-refractivity contribution in [1.29, 1.82) is 0 Å². The maximum absolute atomic E-state index is 11.1. The number of anilines is 1. The zero-order valence-corrected chi connectivity index (χ0v) is 19.3. The van der Waals surface area contributed by atoms with E-state index in [2.05, 4.69) is 33.3 Å². The van der Waals surface area contributed by atoms with E-state index in [1.165, 1.54) is 64.7 Å². The Kier molecular flexibility index (Phi) is 8.63. The number of aldehydes is 1. The average Bonchev–Trinajstić information content (AvgIpc) is 3.33. The first kappa shape index (κ1) is 22.9. The molecule has 6 nitrogen and oxygen atoms in total. The fourth-order valence-electron chi connectivity index (χ4n) is 4.76. The van der Waals surface area contributed by atoms with E-state index in [4.69, 9.17) is 4.74 Å². The summed E-state index contributed by atoms with van der Waals surface area (Å²) in [5.74, 6) is 0.888. The molecule has 6 heteroatoms. The molecule has 174 valence electrons. The van der Waals surface area contributed by atoms with Gasteiger partial charge in [0.15, 0.2) is 6.29 Å². The van der Waals surface area contributed by atoms with Gasteiger partial charge in [0.2, 0.25) is 0 Å². The molecule has 4 rings (SSSR count). The van der Waals surface area contributed by atoms with E-state index in [9.17, 15) is 4.79 Å². The quantitative estimate of drug-likeness (QED) is 0.415. The molecule has 0 spiro atoms. The van der Waals surface area contributed by atoms with Gasteiger partial charge in [-0.2, -0.15) is 0 Å². The van der Waals surface area contributed by atoms with Gasteiger partial charge in [0.25, 0.3) is 0 Å². The highest BCUT2D eigenvalue weighted by Crippen LogP contribution is 2.28. The van der Waals surface area contributed by atoms with Crippen LogP contribution in [0.1, 0.15) is 55.3 Å². The zero-order chi connectivity index (χ0) is 22.0. The van der Waals surface area contributed by atoms with Gasteiger partial charge in [-0.05, 0) is 83.0 Å². The Balaban J connectivity index is 1.36. The van der Waals surface area contributed by atoms with Crippen molar-refractivity contribution < 1.29 is 9.53 Å². The second kappa shape index (κ2) is 12.1. The first-order valence-electron chi connectivity index (χ1n) is 12.4. The molecular weight excluding hydrogens is 400 g/mol. The van der Waals surface area contributed by atoms with Crippen LogP contribution in [0.5, 0.6) is 5.75 Å². The van der Waals surface area contributed by atoms with Crippen molar-refractivity contribution in [3.05, 3.63) is 42.2 Å². The van der Waals surface area contributed by atoms with Gasteiger partial charge in [0, 0.05) is 42.8 Å². The van der Waals surface area contributed by atoms with Crippen LogP contribution < -0.4 is 10.1 Å². The minimum Gasteiger partial charge on any atom is -0.490 e. The highest BCUT2D eigenvalue weighted by atomic mass is 16.5. The van der Waals surface area contributed by atoms with Crippen LogP contribution >= 0.6 is 0 Å². The van der Waals surface area contributed by atoms with Crippen molar-refractivity contribution in [2.45, 2.75) is 44.9 Å². The van der Waals surface area contributed by atoms with E-state index in [0.717, 1.165) is 49.5 Å². The first-order valence-corrected chi connectivity index (χ1v) is 12.4. The lowest BCUT2D eigenvalue weighted by atomic mass is 10.1. The van der Waals surface area contributed by atoms with Crippen LogP contribution in [-0.2, 0) is 0 Å². The Hall–Kier alpha value is -2.31. The second-order valence-electron chi connectivity index (χ2n) is 9.08. The van der Waals surface area contributed by atoms with Crippen molar-refractivity contribution in [2.75, 3.05) is 57.7 Å². The van der Waals surface area contributed by atoms with E-state index in [1.54, 1.807) is 0 Å². The summed E-state index contributed by atoms with van der Waals surface area (Å²) in [7, 11) is 0. The molecule has 0 bridgehead atoms. The van der Waals surface area contributed by atoms with Gasteiger partial charge in [-0.15, -0.1) is 0 Å². The molecule has 32 heavy (non-hydrogen) atoms. The highest BCUT2D eigenvalue weighted by molar-refractivity contribution is 5.74. The normalized spacial score (nSPS) is 17.9. The topological polar surface area (TPSA) is 49.7 Å². The van der Waals surface area contributed by atoms with Crippen molar-refractivity contribution >= 4 is 12.0 Å². The molecule has 1 aromatic carbocycles. The Morgan fingerprint density at radius 1 is 0.906 bits per heavy atom. The van der Waals surface area contributed by atoms with Crippen molar-refractivity contribution in [2.24, 2.45) is 0 Å². The zero-order valence-electron chi connectivity index (χ0n) is 19.3. The summed E-state index contributed by atoms with van der Waals surface area (Å²) in [6.45, 7) is 8.63. The standard InChI is InChI=1S/C26H38N4O2/c31-22-23-10-17-30(21-23)24-8-9-25(27-11-7-16-28-12-3-1-4-13-28)26(20-24)32-19-18-29-14-5-2-6-15-29/h8-10,17,20-22,27H,1-7,11-16,18-19H2. The van der Waals surface area contributed by atoms with E-state index in [0.29, 0.717) is 12.2 Å². The lowest BCUT2D eigenvalue weighted by molar-refractivity contribution is 0.112. The van der Waals surface area contributed by atoms with E-state index >= 15 is 0 Å². The average molecular weight is 439 g/mol. The van der Waals surface area contributed by atoms with Gasteiger partial charge in [0.05, 0.1) is 5.69 Å². The molecule has 2 aliphatic rings. The molecule has 0 saturated carbocycles. The third kappa shape index (κ3) is 6.59. The number of nitrogens with one attached hydrogen (secondary N) is 1. The maximum Gasteiger partial charge on any atom is 0.151 e. The summed E-state index contributed by atoms with van der Waals surface area (Å²) in [6, 6.07) is 8.10. The Labute approximate surface area is 192 Å². The SMILES string of the molecule is O=Cc1ccn(-c2ccc(NCCCN3CCCCC3)c(OCCN3CCCCC3)c2)c1. The summed E-state index contributed by atoms with van der Waals surface area (Å²) in [5, 5.41) is 3.61. The molecule has 0 atom stereocenters. The fourth-order valence-corrected chi connectivity index (χ4v) is 4.76. The van der Waals surface area contributed by atoms with Crippen LogP contribution in [0.2, 0.25) is 0 Å². The van der Waals surface area contributed by atoms with Gasteiger partial charge >= 0.3 is 0 Å². The molecule has 0 aliphatic carbocycles. The lowest BCUT2D eigenvalue weighted by Crippen LogP contribution is -2.33. The molecule has 3 heterocycles. The number of ether oxygens (including phenoxy) is 1. The first-order chi connectivity index (χ1) is 15.8. The third-order valence-electron chi connectivity index (χ3n) is 6.64. The van der Waals surface area contributed by atoms with Crippen LogP contribution in [-0.4, -0.2) is 73.1 Å². The Morgan fingerprint density at radius 3 is 2.31 bits per heavy atom. The number of benzene rings is 1. The van der Waals surface area contributed by atoms with Crippen LogP contribution in [0, 0.1) is 0 Å². The molecule has 0 amide bonds. The predicted octanol–water partition coefficient (Wildman–Crippen LogP) is 4.44. The van der Waals surface area contributed by atoms with Gasteiger partial charge in [0.1, 0.15) is 12.4 Å². The number of carbonyl (C=O) groups is 1. The largest absolute Gasteiger partial charge is 0.490 e. The summed E-state index contributed by atoms with van der Waals surface area (Å²) in [4.78, 5) is 16.2. The maximum atomic E-state index is 11.1. The highest BCUT2D eigenvalue weighted by Gasteiger charge is 2.12. The van der Waals surface area contributed by atoms with E-state index in [-0.39, 0.29) is 0 Å². The molecule has 1 N–H and O–H groups in total. The molecule has 2 aliphatic heterocycles. The smallest absolute Gasteiger partial charge is 0.151 e. The number of hydrogen-bond donors (Lipinski definition) is 1. The Morgan fingerprint density at radius 2 is 1.62 bits per heavy atom. The predicted molar refractivity (Wildman–Crippen MR) is 130 cm³/mol. The Bertz CT molecular complexity index is 838. The minimum absolute atomic E-state index is 0.678. The van der Waals surface area contributed by atoms with Crippen LogP contribution in [0.15, 0.2) is 36.7 Å². The molecule has 0 unspecified atom stereocenters. The van der Waals surface area contributed by atoms with Gasteiger partial charge < -0.3 is 19.5 Å². The van der Waals surface area contributed by atoms with Crippen LogP contribution in [0.25, 0.3) is 5.69 Å². The summed E-state index contributed by atoms with van der Waals surface area (Å²) in [6.07, 6.45) is 13.8. The van der Waals surface area contributed by atoms with E-state index in [1.807, 2.05) is 23.0 Å². The number of hydrogen-bond acceptors (Lipinski definition) is 5. The lowest BCUT2D eigenvalue weighted by Gasteiger charge is -2.27. The molecule has 0 radical (unpaired) electrons. The number of rotatable bonds is 11. The molecule has 2 fully saturated rings. The summed E-state index contributed by atoms with van der Waals surface area (Å²) in [5.41, 5.74) is 2.73. The minimum atomic E-state index is 0.678. The summed E-state index contributed by atoms with van der Waals surface area (Å²) >= 11 is 0. The number of aromatic nitrogens is 1. The van der Waals surface area contributed by atoms with Gasteiger partial charge in [-0.25, -0.2) is 0 Å². The van der Waals surface area contributed by atoms with Crippen molar-refractivity contribution in [1.82, 2.24) is 14.4 Å². The molecule has 2 aromatic rings. The molecule has 1 aromatic heterocycles. The van der Waals surface area contributed by atoms with Gasteiger partial charge in [-0.1, -0.05) is 12.8 Å². The van der Waals surface area contributed by atoms with Gasteiger partial charge in [-0.3, -0.25) is 9.69 Å².